The van der Waals surface area contributed by atoms with E-state index in [0.29, 0.717) is 17.7 Å². The fraction of sp³-hybridized carbons (Fsp3) is 0.238. The Labute approximate surface area is 179 Å². The Bertz CT molecular complexity index is 872. The standard InChI is InChI=1S/C21H23N3O5S/c1-28-17-9-7-16(8-10-17)20(27)23-24-21(30)22-18(25)11-12-19(26)29-14-13-15-5-3-2-4-6-15/h2-10H,11-14H2,1H3,(H,23,27)(H2,22,24,25,30). The number of thiocarbonyl (C=S) groups is 1. The highest BCUT2D eigenvalue weighted by Crippen LogP contribution is 2.10. The summed E-state index contributed by atoms with van der Waals surface area (Å²) in [5.74, 6) is -0.740. The quantitative estimate of drug-likeness (QED) is 0.334. The Kier molecular flexibility index (Phi) is 9.26. The number of esters is 1. The molecule has 2 amide bonds. The molecule has 0 saturated heterocycles. The number of benzene rings is 2. The number of carbonyl (C=O) groups is 3. The van der Waals surface area contributed by atoms with Crippen LogP contribution < -0.4 is 20.9 Å². The number of methoxy groups -OCH3 is 1. The van der Waals surface area contributed by atoms with Crippen molar-refractivity contribution < 1.29 is 23.9 Å². The first-order valence-corrected chi connectivity index (χ1v) is 9.62. The van der Waals surface area contributed by atoms with E-state index in [-0.39, 0.29) is 24.6 Å². The highest BCUT2D eigenvalue weighted by atomic mass is 32.1. The summed E-state index contributed by atoms with van der Waals surface area (Å²) in [5.41, 5.74) is 6.26. The van der Waals surface area contributed by atoms with Gasteiger partial charge >= 0.3 is 5.97 Å². The number of rotatable bonds is 8. The summed E-state index contributed by atoms with van der Waals surface area (Å²) in [7, 11) is 1.53. The van der Waals surface area contributed by atoms with E-state index in [9.17, 15) is 14.4 Å². The summed E-state index contributed by atoms with van der Waals surface area (Å²) in [6.07, 6.45) is 0.459. The minimum absolute atomic E-state index is 0.0680. The Hall–Kier alpha value is -3.46. The second-order valence-corrected chi connectivity index (χ2v) is 6.55. The Morgan fingerprint density at radius 2 is 1.63 bits per heavy atom. The van der Waals surface area contributed by atoms with Crippen molar-refractivity contribution in [2.45, 2.75) is 19.3 Å². The first kappa shape index (κ1) is 22.8. The number of hydrogen-bond donors (Lipinski definition) is 3. The van der Waals surface area contributed by atoms with Crippen LogP contribution in [0.25, 0.3) is 0 Å². The highest BCUT2D eigenvalue weighted by molar-refractivity contribution is 7.80. The topological polar surface area (TPSA) is 106 Å². The number of hydrazine groups is 1. The third-order valence-electron chi connectivity index (χ3n) is 3.95. The summed E-state index contributed by atoms with van der Waals surface area (Å²) < 4.78 is 10.1. The maximum absolute atomic E-state index is 12.0. The predicted molar refractivity (Wildman–Crippen MR) is 115 cm³/mol. The molecule has 2 rings (SSSR count). The van der Waals surface area contributed by atoms with Crippen molar-refractivity contribution in [1.82, 2.24) is 16.2 Å². The molecule has 0 aliphatic rings. The first-order valence-electron chi connectivity index (χ1n) is 9.21. The smallest absolute Gasteiger partial charge is 0.306 e. The zero-order chi connectivity index (χ0) is 21.8. The fourth-order valence-electron chi connectivity index (χ4n) is 2.36. The molecule has 0 atom stereocenters. The number of amides is 2. The normalized spacial score (nSPS) is 9.90. The third-order valence-corrected chi connectivity index (χ3v) is 4.15. The van der Waals surface area contributed by atoms with Crippen LogP contribution in [0.2, 0.25) is 0 Å². The van der Waals surface area contributed by atoms with Crippen molar-refractivity contribution >= 4 is 35.1 Å². The van der Waals surface area contributed by atoms with Crippen LogP contribution in [-0.2, 0) is 20.7 Å². The van der Waals surface area contributed by atoms with Gasteiger partial charge in [0.25, 0.3) is 5.91 Å². The Balaban J connectivity index is 1.60. The van der Waals surface area contributed by atoms with Gasteiger partial charge in [0.2, 0.25) is 5.91 Å². The largest absolute Gasteiger partial charge is 0.497 e. The zero-order valence-corrected chi connectivity index (χ0v) is 17.3. The minimum atomic E-state index is -0.466. The maximum atomic E-state index is 12.0. The Morgan fingerprint density at radius 3 is 2.30 bits per heavy atom. The lowest BCUT2D eigenvalue weighted by atomic mass is 10.2. The van der Waals surface area contributed by atoms with Gasteiger partial charge in [-0.15, -0.1) is 0 Å². The van der Waals surface area contributed by atoms with Crippen molar-refractivity contribution in [3.63, 3.8) is 0 Å². The van der Waals surface area contributed by atoms with Crippen LogP contribution in [0.5, 0.6) is 5.75 Å². The van der Waals surface area contributed by atoms with Gasteiger partial charge in [-0.2, -0.15) is 0 Å². The monoisotopic (exact) mass is 429 g/mol. The number of carbonyl (C=O) groups excluding carboxylic acids is 3. The second kappa shape index (κ2) is 12.2. The summed E-state index contributed by atoms with van der Waals surface area (Å²) in [6, 6.07) is 16.1. The van der Waals surface area contributed by atoms with E-state index in [1.54, 1.807) is 24.3 Å². The van der Waals surface area contributed by atoms with Gasteiger partial charge in [-0.25, -0.2) is 0 Å². The van der Waals surface area contributed by atoms with E-state index in [4.69, 9.17) is 21.7 Å². The van der Waals surface area contributed by atoms with Gasteiger partial charge in [-0.3, -0.25) is 25.2 Å². The van der Waals surface area contributed by atoms with Gasteiger partial charge < -0.3 is 14.8 Å². The molecule has 3 N–H and O–H groups in total. The van der Waals surface area contributed by atoms with E-state index < -0.39 is 17.8 Å². The molecule has 9 heteroatoms. The summed E-state index contributed by atoms with van der Waals surface area (Å²) >= 11 is 4.95. The van der Waals surface area contributed by atoms with E-state index in [2.05, 4.69) is 16.2 Å². The van der Waals surface area contributed by atoms with Crippen LogP contribution in [0.4, 0.5) is 0 Å². The number of ether oxygens (including phenoxy) is 2. The fourth-order valence-corrected chi connectivity index (χ4v) is 2.53. The number of hydrogen-bond acceptors (Lipinski definition) is 6. The minimum Gasteiger partial charge on any atom is -0.497 e. The van der Waals surface area contributed by atoms with Crippen molar-refractivity contribution in [3.05, 3.63) is 65.7 Å². The van der Waals surface area contributed by atoms with Crippen molar-refractivity contribution in [3.8, 4) is 5.75 Å². The summed E-state index contributed by atoms with van der Waals surface area (Å²) in [6.45, 7) is 0.252. The highest BCUT2D eigenvalue weighted by Gasteiger charge is 2.11. The molecule has 8 nitrogen and oxygen atoms in total. The molecular weight excluding hydrogens is 406 g/mol. The molecule has 0 aliphatic carbocycles. The van der Waals surface area contributed by atoms with Gasteiger partial charge in [-0.1, -0.05) is 30.3 Å². The van der Waals surface area contributed by atoms with E-state index >= 15 is 0 Å². The lowest BCUT2D eigenvalue weighted by Gasteiger charge is -2.11. The van der Waals surface area contributed by atoms with E-state index in [1.165, 1.54) is 7.11 Å². The molecular formula is C21H23N3O5S. The Morgan fingerprint density at radius 1 is 0.933 bits per heavy atom. The van der Waals surface area contributed by atoms with Crippen LogP contribution in [0.3, 0.4) is 0 Å². The zero-order valence-electron chi connectivity index (χ0n) is 16.5. The molecule has 0 aliphatic heterocycles. The van der Waals surface area contributed by atoms with Gasteiger partial charge in [0.05, 0.1) is 20.1 Å². The maximum Gasteiger partial charge on any atom is 0.306 e. The molecule has 0 radical (unpaired) electrons. The molecule has 0 unspecified atom stereocenters. The molecule has 0 fully saturated rings. The summed E-state index contributed by atoms with van der Waals surface area (Å²) in [5, 5.41) is 2.30. The van der Waals surface area contributed by atoms with Crippen LogP contribution in [0.15, 0.2) is 54.6 Å². The molecule has 0 bridgehead atoms. The van der Waals surface area contributed by atoms with E-state index in [1.807, 2.05) is 30.3 Å². The van der Waals surface area contributed by atoms with Gasteiger partial charge in [0.15, 0.2) is 5.11 Å². The number of nitrogens with one attached hydrogen (secondary N) is 3. The van der Waals surface area contributed by atoms with Crippen LogP contribution in [0, 0.1) is 0 Å². The van der Waals surface area contributed by atoms with Gasteiger partial charge in [0.1, 0.15) is 5.75 Å². The third kappa shape index (κ3) is 8.27. The predicted octanol–water partition coefficient (Wildman–Crippen LogP) is 1.90. The molecule has 30 heavy (non-hydrogen) atoms. The van der Waals surface area contributed by atoms with Crippen molar-refractivity contribution in [1.29, 1.82) is 0 Å². The lowest BCUT2D eigenvalue weighted by molar-refractivity contribution is -0.144. The molecule has 2 aromatic carbocycles. The van der Waals surface area contributed by atoms with Crippen molar-refractivity contribution in [2.24, 2.45) is 0 Å². The van der Waals surface area contributed by atoms with Crippen LogP contribution >= 0.6 is 12.2 Å². The van der Waals surface area contributed by atoms with Crippen LogP contribution in [0.1, 0.15) is 28.8 Å². The molecule has 0 heterocycles. The van der Waals surface area contributed by atoms with Crippen molar-refractivity contribution in [2.75, 3.05) is 13.7 Å². The van der Waals surface area contributed by atoms with Gasteiger partial charge in [-0.05, 0) is 42.0 Å². The van der Waals surface area contributed by atoms with Gasteiger partial charge in [0, 0.05) is 18.4 Å². The molecule has 0 saturated carbocycles. The molecule has 0 spiro atoms. The average Bonchev–Trinajstić information content (AvgIpc) is 2.77. The molecule has 158 valence electrons. The molecule has 2 aromatic rings. The first-order chi connectivity index (χ1) is 14.5. The lowest BCUT2D eigenvalue weighted by Crippen LogP contribution is -2.48. The summed E-state index contributed by atoms with van der Waals surface area (Å²) in [4.78, 5) is 35.6. The second-order valence-electron chi connectivity index (χ2n) is 6.14. The van der Waals surface area contributed by atoms with E-state index in [0.717, 1.165) is 5.56 Å². The average molecular weight is 429 g/mol. The SMILES string of the molecule is COc1ccc(C(=O)NNC(=S)NC(=O)CCC(=O)OCCc2ccccc2)cc1. The van der Waals surface area contributed by atoms with Crippen LogP contribution in [-0.4, -0.2) is 36.6 Å². The molecule has 0 aromatic heterocycles.